The fourth-order valence-corrected chi connectivity index (χ4v) is 2.12. The molecule has 1 saturated heterocycles. The summed E-state index contributed by atoms with van der Waals surface area (Å²) in [5.74, 6) is -1.65. The summed E-state index contributed by atoms with van der Waals surface area (Å²) in [4.78, 5) is 47.5. The lowest BCUT2D eigenvalue weighted by Crippen LogP contribution is -2.47. The van der Waals surface area contributed by atoms with E-state index in [2.05, 4.69) is 10.6 Å². The van der Waals surface area contributed by atoms with Crippen molar-refractivity contribution in [2.75, 3.05) is 20.1 Å². The van der Waals surface area contributed by atoms with Crippen LogP contribution in [0.15, 0.2) is 0 Å². The van der Waals surface area contributed by atoms with Crippen molar-refractivity contribution in [3.63, 3.8) is 0 Å². The summed E-state index contributed by atoms with van der Waals surface area (Å²) in [6.45, 7) is 3.07. The predicted molar refractivity (Wildman–Crippen MR) is 73.0 cm³/mol. The first-order chi connectivity index (χ1) is 9.86. The minimum absolute atomic E-state index is 0.149. The van der Waals surface area contributed by atoms with Gasteiger partial charge in [0.25, 0.3) is 5.91 Å². The maximum atomic E-state index is 12.0. The number of carbonyl (C=O) groups is 4. The highest BCUT2D eigenvalue weighted by Gasteiger charge is 2.36. The highest BCUT2D eigenvalue weighted by Crippen LogP contribution is 2.19. The Morgan fingerprint density at radius 3 is 2.57 bits per heavy atom. The number of hydrogen-bond donors (Lipinski definition) is 2. The number of likely N-dealkylation sites (N-methyl/N-ethyl adjacent to an activating group) is 1. The Balaban J connectivity index is 2.59. The minimum atomic E-state index is -0.907. The lowest BCUT2D eigenvalue weighted by Gasteiger charge is -2.24. The summed E-state index contributed by atoms with van der Waals surface area (Å²) in [5.41, 5.74) is 0. The number of hydrogen-bond acceptors (Lipinski definition) is 5. The maximum Gasteiger partial charge on any atom is 0.329 e. The quantitative estimate of drug-likeness (QED) is 0.620. The monoisotopic (exact) mass is 299 g/mol. The Morgan fingerprint density at radius 1 is 1.33 bits per heavy atom. The van der Waals surface area contributed by atoms with Gasteiger partial charge in [-0.2, -0.15) is 0 Å². The molecule has 2 atom stereocenters. The molecular formula is C13H21N3O5. The third-order valence-corrected chi connectivity index (χ3v) is 3.24. The topological polar surface area (TPSA) is 105 Å². The van der Waals surface area contributed by atoms with Crippen LogP contribution >= 0.6 is 0 Å². The molecule has 1 aliphatic heterocycles. The molecule has 0 radical (unpaired) electrons. The molecule has 0 aliphatic carbocycles. The van der Waals surface area contributed by atoms with Crippen LogP contribution in [0.25, 0.3) is 0 Å². The Hall–Kier alpha value is -2.12. The molecule has 3 amide bonds. The van der Waals surface area contributed by atoms with Crippen molar-refractivity contribution >= 4 is 23.7 Å². The van der Waals surface area contributed by atoms with Crippen LogP contribution < -0.4 is 10.6 Å². The zero-order chi connectivity index (χ0) is 16.0. The van der Waals surface area contributed by atoms with Crippen molar-refractivity contribution in [1.29, 1.82) is 0 Å². The summed E-state index contributed by atoms with van der Waals surface area (Å²) in [7, 11) is 1.45. The fourth-order valence-electron chi connectivity index (χ4n) is 2.12. The van der Waals surface area contributed by atoms with Gasteiger partial charge in [0.05, 0.1) is 6.54 Å². The van der Waals surface area contributed by atoms with E-state index >= 15 is 0 Å². The number of esters is 1. The lowest BCUT2D eigenvalue weighted by atomic mass is 10.2. The second kappa shape index (κ2) is 7.61. The van der Waals surface area contributed by atoms with Crippen molar-refractivity contribution in [2.24, 2.45) is 0 Å². The van der Waals surface area contributed by atoms with E-state index in [1.165, 1.54) is 25.8 Å². The molecule has 0 unspecified atom stereocenters. The normalized spacial score (nSPS) is 18.8. The Kier molecular flexibility index (Phi) is 6.13. The van der Waals surface area contributed by atoms with Gasteiger partial charge in [-0.25, -0.2) is 4.79 Å². The number of ether oxygens (including phenoxy) is 1. The van der Waals surface area contributed by atoms with Gasteiger partial charge in [0.2, 0.25) is 11.8 Å². The first-order valence-corrected chi connectivity index (χ1v) is 6.82. The standard InChI is InChI=1S/C13H21N3O5/c1-8(12(19)14-3)21-13(20)10-5-4-6-16(10)11(18)7-15-9(2)17/h8,10H,4-7H2,1-3H3,(H,14,19)(H,15,17)/t8-,10-/m0/s1. The third-order valence-electron chi connectivity index (χ3n) is 3.24. The number of nitrogens with zero attached hydrogens (tertiary/aromatic N) is 1. The van der Waals surface area contributed by atoms with E-state index in [1.54, 1.807) is 0 Å². The van der Waals surface area contributed by atoms with Crippen LogP contribution in [0.5, 0.6) is 0 Å². The second-order valence-corrected chi connectivity index (χ2v) is 4.85. The molecule has 8 heteroatoms. The van der Waals surface area contributed by atoms with Gasteiger partial charge in [-0.3, -0.25) is 14.4 Å². The Bertz CT molecular complexity index is 438. The fraction of sp³-hybridized carbons (Fsp3) is 0.692. The van der Waals surface area contributed by atoms with Gasteiger partial charge in [-0.1, -0.05) is 0 Å². The molecule has 0 aromatic carbocycles. The summed E-state index contributed by atoms with van der Waals surface area (Å²) in [6.07, 6.45) is 0.265. The van der Waals surface area contributed by atoms with E-state index in [1.807, 2.05) is 0 Å². The van der Waals surface area contributed by atoms with Gasteiger partial charge in [0, 0.05) is 20.5 Å². The summed E-state index contributed by atoms with van der Waals surface area (Å²) >= 11 is 0. The highest BCUT2D eigenvalue weighted by molar-refractivity contribution is 5.89. The zero-order valence-corrected chi connectivity index (χ0v) is 12.5. The van der Waals surface area contributed by atoms with Crippen LogP contribution in [0, 0.1) is 0 Å². The third kappa shape index (κ3) is 4.73. The number of carbonyl (C=O) groups excluding carboxylic acids is 4. The summed E-state index contributed by atoms with van der Waals surface area (Å²) in [6, 6.07) is -0.696. The van der Waals surface area contributed by atoms with Crippen molar-refractivity contribution < 1.29 is 23.9 Å². The molecule has 118 valence electrons. The van der Waals surface area contributed by atoms with E-state index in [0.717, 1.165) is 0 Å². The predicted octanol–water partition coefficient (Wildman–Crippen LogP) is -1.21. The van der Waals surface area contributed by atoms with Crippen LogP contribution in [0.4, 0.5) is 0 Å². The van der Waals surface area contributed by atoms with E-state index in [9.17, 15) is 19.2 Å². The van der Waals surface area contributed by atoms with Crippen molar-refractivity contribution in [3.8, 4) is 0 Å². The molecule has 1 rings (SSSR count). The minimum Gasteiger partial charge on any atom is -0.451 e. The Labute approximate surface area is 123 Å². The molecule has 0 saturated carbocycles. The molecule has 21 heavy (non-hydrogen) atoms. The molecule has 0 aromatic rings. The van der Waals surface area contributed by atoms with Crippen molar-refractivity contribution in [2.45, 2.75) is 38.8 Å². The first kappa shape index (κ1) is 16.9. The molecule has 1 heterocycles. The molecule has 0 bridgehead atoms. The summed E-state index contributed by atoms with van der Waals surface area (Å²) in [5, 5.41) is 4.79. The molecule has 2 N–H and O–H groups in total. The molecular weight excluding hydrogens is 278 g/mol. The van der Waals surface area contributed by atoms with Gasteiger partial charge in [-0.15, -0.1) is 0 Å². The van der Waals surface area contributed by atoms with Crippen LogP contribution in [0.1, 0.15) is 26.7 Å². The maximum absolute atomic E-state index is 12.0. The highest BCUT2D eigenvalue weighted by atomic mass is 16.5. The first-order valence-electron chi connectivity index (χ1n) is 6.82. The Morgan fingerprint density at radius 2 is 2.00 bits per heavy atom. The molecule has 8 nitrogen and oxygen atoms in total. The number of amides is 3. The largest absolute Gasteiger partial charge is 0.451 e. The molecule has 0 aromatic heterocycles. The zero-order valence-electron chi connectivity index (χ0n) is 12.5. The molecule has 0 spiro atoms. The second-order valence-electron chi connectivity index (χ2n) is 4.85. The van der Waals surface area contributed by atoms with Crippen LogP contribution in [0.3, 0.4) is 0 Å². The van der Waals surface area contributed by atoms with Gasteiger partial charge in [-0.05, 0) is 19.8 Å². The van der Waals surface area contributed by atoms with E-state index in [-0.39, 0.29) is 18.4 Å². The van der Waals surface area contributed by atoms with Gasteiger partial charge in [0.15, 0.2) is 6.10 Å². The SMILES string of the molecule is CNC(=O)[C@H](C)OC(=O)[C@@H]1CCCN1C(=O)CNC(C)=O. The smallest absolute Gasteiger partial charge is 0.329 e. The average Bonchev–Trinajstić information content (AvgIpc) is 2.93. The average molecular weight is 299 g/mol. The van der Waals surface area contributed by atoms with Crippen LogP contribution in [0.2, 0.25) is 0 Å². The van der Waals surface area contributed by atoms with E-state index < -0.39 is 24.0 Å². The lowest BCUT2D eigenvalue weighted by molar-refractivity contribution is -0.161. The van der Waals surface area contributed by atoms with E-state index in [4.69, 9.17) is 4.74 Å². The molecule has 1 fully saturated rings. The number of likely N-dealkylation sites (tertiary alicyclic amines) is 1. The van der Waals surface area contributed by atoms with Crippen LogP contribution in [-0.4, -0.2) is 60.9 Å². The van der Waals surface area contributed by atoms with Gasteiger partial charge >= 0.3 is 5.97 Å². The van der Waals surface area contributed by atoms with Crippen LogP contribution in [-0.2, 0) is 23.9 Å². The van der Waals surface area contributed by atoms with Gasteiger partial charge in [0.1, 0.15) is 6.04 Å². The number of nitrogens with one attached hydrogen (secondary N) is 2. The van der Waals surface area contributed by atoms with Gasteiger partial charge < -0.3 is 20.3 Å². The summed E-state index contributed by atoms with van der Waals surface area (Å²) < 4.78 is 5.06. The van der Waals surface area contributed by atoms with E-state index in [0.29, 0.717) is 19.4 Å². The molecule has 1 aliphatic rings. The number of rotatable bonds is 5. The van der Waals surface area contributed by atoms with Crippen molar-refractivity contribution in [3.05, 3.63) is 0 Å². The van der Waals surface area contributed by atoms with Crippen molar-refractivity contribution in [1.82, 2.24) is 15.5 Å².